The summed E-state index contributed by atoms with van der Waals surface area (Å²) >= 11 is 0. The zero-order valence-electron chi connectivity index (χ0n) is 15.5. The Labute approximate surface area is 159 Å². The van der Waals surface area contributed by atoms with Crippen LogP contribution in [0.1, 0.15) is 11.4 Å². The zero-order chi connectivity index (χ0) is 18.6. The molecule has 2 aliphatic rings. The molecule has 140 valence electrons. The maximum atomic E-state index is 9.31. The van der Waals surface area contributed by atoms with Gasteiger partial charge in [0.25, 0.3) is 0 Å². The van der Waals surface area contributed by atoms with E-state index in [1.165, 1.54) is 0 Å². The molecule has 0 N–H and O–H groups in total. The highest BCUT2D eigenvalue weighted by molar-refractivity contribution is 5.56. The van der Waals surface area contributed by atoms with Gasteiger partial charge >= 0.3 is 0 Å². The Kier molecular flexibility index (Phi) is 5.03. The van der Waals surface area contributed by atoms with Crippen LogP contribution in [0.15, 0.2) is 24.4 Å². The van der Waals surface area contributed by atoms with E-state index in [-0.39, 0.29) is 0 Å². The van der Waals surface area contributed by atoms with Gasteiger partial charge in [0.1, 0.15) is 29.3 Å². The van der Waals surface area contributed by atoms with E-state index in [0.717, 1.165) is 75.8 Å². The van der Waals surface area contributed by atoms with Crippen molar-refractivity contribution in [3.63, 3.8) is 0 Å². The number of ether oxygens (including phenoxy) is 1. The van der Waals surface area contributed by atoms with Crippen LogP contribution in [0, 0.1) is 18.3 Å². The number of aromatic nitrogens is 3. The summed E-state index contributed by atoms with van der Waals surface area (Å²) in [6, 6.07) is 7.93. The number of anilines is 3. The van der Waals surface area contributed by atoms with E-state index < -0.39 is 0 Å². The first-order valence-electron chi connectivity index (χ1n) is 9.28. The van der Waals surface area contributed by atoms with Gasteiger partial charge in [-0.05, 0) is 19.1 Å². The summed E-state index contributed by atoms with van der Waals surface area (Å²) in [5.41, 5.74) is 0.624. The number of nitriles is 1. The summed E-state index contributed by atoms with van der Waals surface area (Å²) in [6.45, 7) is 8.42. The van der Waals surface area contributed by atoms with Crippen LogP contribution in [0.5, 0.6) is 0 Å². The fraction of sp³-hybridized carbons (Fsp3) is 0.474. The molecule has 0 spiro atoms. The third-order valence-corrected chi connectivity index (χ3v) is 4.96. The molecule has 27 heavy (non-hydrogen) atoms. The third kappa shape index (κ3) is 3.78. The lowest BCUT2D eigenvalue weighted by Crippen LogP contribution is -2.47. The molecule has 2 aliphatic heterocycles. The first-order valence-corrected chi connectivity index (χ1v) is 9.28. The second-order valence-corrected chi connectivity index (χ2v) is 6.69. The van der Waals surface area contributed by atoms with Crippen molar-refractivity contribution < 1.29 is 4.74 Å². The topological polar surface area (TPSA) is 81.4 Å². The molecule has 4 heterocycles. The summed E-state index contributed by atoms with van der Waals surface area (Å²) in [6.07, 6.45) is 1.74. The highest BCUT2D eigenvalue weighted by Crippen LogP contribution is 2.23. The Hall–Kier alpha value is -2.92. The minimum Gasteiger partial charge on any atom is -0.378 e. The van der Waals surface area contributed by atoms with Crippen molar-refractivity contribution in [2.45, 2.75) is 6.92 Å². The Morgan fingerprint density at radius 3 is 2.26 bits per heavy atom. The van der Waals surface area contributed by atoms with E-state index in [2.05, 4.69) is 41.8 Å². The van der Waals surface area contributed by atoms with Crippen LogP contribution in [0.4, 0.5) is 17.5 Å². The third-order valence-electron chi connectivity index (χ3n) is 4.96. The maximum Gasteiger partial charge on any atom is 0.146 e. The SMILES string of the molecule is Cc1nc(N2CCOCC2)cc(N2CCN(c3ncccc3C#N)CC2)n1. The van der Waals surface area contributed by atoms with Gasteiger partial charge in [0, 0.05) is 51.5 Å². The summed E-state index contributed by atoms with van der Waals surface area (Å²) in [5.74, 6) is 3.49. The van der Waals surface area contributed by atoms with E-state index >= 15 is 0 Å². The van der Waals surface area contributed by atoms with Crippen molar-refractivity contribution in [2.75, 3.05) is 67.2 Å². The number of hydrogen-bond donors (Lipinski definition) is 0. The largest absolute Gasteiger partial charge is 0.378 e. The van der Waals surface area contributed by atoms with Crippen molar-refractivity contribution in [1.82, 2.24) is 15.0 Å². The minimum atomic E-state index is 0.624. The molecule has 0 bridgehead atoms. The van der Waals surface area contributed by atoms with Crippen LogP contribution in [-0.4, -0.2) is 67.4 Å². The number of nitrogens with zero attached hydrogens (tertiary/aromatic N) is 7. The van der Waals surface area contributed by atoms with Gasteiger partial charge < -0.3 is 19.4 Å². The van der Waals surface area contributed by atoms with Gasteiger partial charge in [0.15, 0.2) is 0 Å². The lowest BCUT2D eigenvalue weighted by molar-refractivity contribution is 0.122. The average Bonchev–Trinajstić information content (AvgIpc) is 2.74. The first-order chi connectivity index (χ1) is 13.2. The molecular weight excluding hydrogens is 342 g/mol. The predicted octanol–water partition coefficient (Wildman–Crippen LogP) is 1.21. The van der Waals surface area contributed by atoms with Crippen molar-refractivity contribution in [3.8, 4) is 6.07 Å². The van der Waals surface area contributed by atoms with Crippen molar-refractivity contribution in [3.05, 3.63) is 35.8 Å². The minimum absolute atomic E-state index is 0.624. The van der Waals surface area contributed by atoms with Crippen molar-refractivity contribution in [2.24, 2.45) is 0 Å². The van der Waals surface area contributed by atoms with Gasteiger partial charge in [-0.3, -0.25) is 0 Å². The maximum absolute atomic E-state index is 9.31. The van der Waals surface area contributed by atoms with Crippen LogP contribution in [0.2, 0.25) is 0 Å². The smallest absolute Gasteiger partial charge is 0.146 e. The van der Waals surface area contributed by atoms with E-state index in [0.29, 0.717) is 5.56 Å². The van der Waals surface area contributed by atoms with Crippen LogP contribution in [0.3, 0.4) is 0 Å². The van der Waals surface area contributed by atoms with Crippen LogP contribution in [0.25, 0.3) is 0 Å². The van der Waals surface area contributed by atoms with E-state index in [1.54, 1.807) is 12.3 Å². The summed E-state index contributed by atoms with van der Waals surface area (Å²) in [4.78, 5) is 20.4. The average molecular weight is 365 g/mol. The predicted molar refractivity (Wildman–Crippen MR) is 103 cm³/mol. The molecule has 0 radical (unpaired) electrons. The summed E-state index contributed by atoms with van der Waals surface area (Å²) in [5, 5.41) is 9.31. The molecule has 0 amide bonds. The molecule has 0 unspecified atom stereocenters. The van der Waals surface area contributed by atoms with Crippen molar-refractivity contribution >= 4 is 17.5 Å². The Bertz CT molecular complexity index is 836. The van der Waals surface area contributed by atoms with E-state index in [9.17, 15) is 5.26 Å². The number of pyridine rings is 1. The molecular formula is C19H23N7O. The number of rotatable bonds is 3. The fourth-order valence-electron chi connectivity index (χ4n) is 3.54. The van der Waals surface area contributed by atoms with Gasteiger partial charge in [-0.25, -0.2) is 15.0 Å². The molecule has 2 saturated heterocycles. The van der Waals surface area contributed by atoms with Gasteiger partial charge in [0.05, 0.1) is 18.8 Å². The van der Waals surface area contributed by atoms with Gasteiger partial charge in [-0.15, -0.1) is 0 Å². The zero-order valence-corrected chi connectivity index (χ0v) is 15.5. The Morgan fingerprint density at radius 2 is 1.59 bits per heavy atom. The molecule has 2 fully saturated rings. The summed E-state index contributed by atoms with van der Waals surface area (Å²) < 4.78 is 5.44. The van der Waals surface area contributed by atoms with Crippen LogP contribution in [-0.2, 0) is 4.74 Å². The van der Waals surface area contributed by atoms with Crippen LogP contribution >= 0.6 is 0 Å². The molecule has 8 heteroatoms. The van der Waals surface area contributed by atoms with Gasteiger partial charge in [0.2, 0.25) is 0 Å². The number of hydrogen-bond acceptors (Lipinski definition) is 8. The molecule has 4 rings (SSSR count). The molecule has 8 nitrogen and oxygen atoms in total. The molecule has 2 aromatic heterocycles. The van der Waals surface area contributed by atoms with E-state index in [1.807, 2.05) is 13.0 Å². The van der Waals surface area contributed by atoms with Gasteiger partial charge in [-0.2, -0.15) is 5.26 Å². The van der Waals surface area contributed by atoms with E-state index in [4.69, 9.17) is 4.74 Å². The Balaban J connectivity index is 1.48. The first kappa shape index (κ1) is 17.5. The molecule has 0 aliphatic carbocycles. The second-order valence-electron chi connectivity index (χ2n) is 6.69. The molecule has 2 aromatic rings. The highest BCUT2D eigenvalue weighted by Gasteiger charge is 2.22. The number of aryl methyl sites for hydroxylation is 1. The number of piperazine rings is 1. The standard InChI is InChI=1S/C19H23N7O/c1-15-22-17(13-18(23-15)25-9-11-27-12-10-25)24-5-7-26(8-6-24)19-16(14-20)3-2-4-21-19/h2-4,13H,5-12H2,1H3. The van der Waals surface area contributed by atoms with Crippen LogP contribution < -0.4 is 14.7 Å². The second kappa shape index (κ2) is 7.76. The lowest BCUT2D eigenvalue weighted by atomic mass is 10.2. The monoisotopic (exact) mass is 365 g/mol. The number of morpholine rings is 1. The normalized spacial score (nSPS) is 17.7. The molecule has 0 saturated carbocycles. The quantitative estimate of drug-likeness (QED) is 0.803. The van der Waals surface area contributed by atoms with Crippen molar-refractivity contribution in [1.29, 1.82) is 5.26 Å². The Morgan fingerprint density at radius 1 is 0.963 bits per heavy atom. The lowest BCUT2D eigenvalue weighted by Gasteiger charge is -2.37. The highest BCUT2D eigenvalue weighted by atomic mass is 16.5. The van der Waals surface area contributed by atoms with Gasteiger partial charge in [-0.1, -0.05) is 0 Å². The molecule has 0 aromatic carbocycles. The molecule has 0 atom stereocenters. The summed E-state index contributed by atoms with van der Waals surface area (Å²) in [7, 11) is 0. The fourth-order valence-corrected chi connectivity index (χ4v) is 3.54.